The van der Waals surface area contributed by atoms with Gasteiger partial charge in [-0.2, -0.15) is 0 Å². The second kappa shape index (κ2) is 6.48. The lowest BCUT2D eigenvalue weighted by Crippen LogP contribution is -2.53. The molecule has 1 aromatic rings. The Labute approximate surface area is 173 Å². The van der Waals surface area contributed by atoms with Crippen LogP contribution in [0.5, 0.6) is 0 Å². The Hall–Kier alpha value is -1.03. The second-order valence-electron chi connectivity index (χ2n) is 10.4. The minimum absolute atomic E-state index is 0.102. The fourth-order valence-corrected chi connectivity index (χ4v) is 9.41. The maximum atomic E-state index is 12.7. The Balaban J connectivity index is 1.51. The van der Waals surface area contributed by atoms with E-state index < -0.39 is 0 Å². The first-order chi connectivity index (χ1) is 13.4. The van der Waals surface area contributed by atoms with Gasteiger partial charge in [0.05, 0.1) is 12.2 Å². The number of nitrogens with two attached hydrogens (primary N) is 1. The zero-order valence-corrected chi connectivity index (χ0v) is 18.5. The van der Waals surface area contributed by atoms with Crippen molar-refractivity contribution >= 4 is 22.3 Å². The zero-order valence-electron chi connectivity index (χ0n) is 17.7. The molecule has 0 amide bonds. The first-order valence-electron chi connectivity index (χ1n) is 11.5. The number of esters is 1. The molecule has 5 rings (SSSR count). The van der Waals surface area contributed by atoms with Crippen LogP contribution < -0.4 is 5.73 Å². The number of carbonyl (C=O) groups excluding carboxylic acids is 1. The molecule has 0 aliphatic heterocycles. The quantitative estimate of drug-likeness (QED) is 0.623. The van der Waals surface area contributed by atoms with Gasteiger partial charge in [-0.1, -0.05) is 26.7 Å². The van der Waals surface area contributed by atoms with Crippen LogP contribution in [-0.4, -0.2) is 12.6 Å². The third-order valence-corrected chi connectivity index (χ3v) is 10.5. The summed E-state index contributed by atoms with van der Waals surface area (Å²) >= 11 is 1.66. The van der Waals surface area contributed by atoms with E-state index >= 15 is 0 Å². The summed E-state index contributed by atoms with van der Waals surface area (Å²) in [4.78, 5) is 14.1. The number of hydrogen-bond donors (Lipinski definition) is 1. The molecule has 0 aromatic carbocycles. The highest BCUT2D eigenvalue weighted by atomic mass is 32.1. The third-order valence-electron chi connectivity index (χ3n) is 9.44. The maximum absolute atomic E-state index is 12.7. The minimum atomic E-state index is -0.204. The van der Waals surface area contributed by atoms with E-state index in [4.69, 9.17) is 10.5 Å². The van der Waals surface area contributed by atoms with Crippen LogP contribution in [0.4, 0.5) is 5.00 Å². The molecule has 0 saturated heterocycles. The summed E-state index contributed by atoms with van der Waals surface area (Å²) in [5.41, 5.74) is 8.96. The van der Waals surface area contributed by atoms with Crippen molar-refractivity contribution in [3.8, 4) is 0 Å². The van der Waals surface area contributed by atoms with Crippen LogP contribution in [-0.2, 0) is 16.6 Å². The van der Waals surface area contributed by atoms with Crippen LogP contribution in [0.3, 0.4) is 0 Å². The van der Waals surface area contributed by atoms with Crippen molar-refractivity contribution in [2.75, 3.05) is 12.3 Å². The van der Waals surface area contributed by atoms with Gasteiger partial charge >= 0.3 is 5.97 Å². The third kappa shape index (κ3) is 2.42. The van der Waals surface area contributed by atoms with Gasteiger partial charge in [-0.15, -0.1) is 11.3 Å². The van der Waals surface area contributed by atoms with Gasteiger partial charge in [0.25, 0.3) is 0 Å². The highest BCUT2D eigenvalue weighted by molar-refractivity contribution is 7.16. The van der Waals surface area contributed by atoms with Crippen LogP contribution in [0.15, 0.2) is 0 Å². The minimum Gasteiger partial charge on any atom is -0.462 e. The lowest BCUT2D eigenvalue weighted by atomic mass is 9.45. The number of rotatable bonds is 2. The van der Waals surface area contributed by atoms with E-state index in [-0.39, 0.29) is 11.4 Å². The molecule has 28 heavy (non-hydrogen) atoms. The zero-order chi connectivity index (χ0) is 19.7. The molecule has 4 aliphatic rings. The Morgan fingerprint density at radius 2 is 1.96 bits per heavy atom. The average Bonchev–Trinajstić information content (AvgIpc) is 3.14. The fourth-order valence-electron chi connectivity index (χ4n) is 8.15. The Morgan fingerprint density at radius 1 is 1.14 bits per heavy atom. The molecule has 6 atom stereocenters. The van der Waals surface area contributed by atoms with Crippen molar-refractivity contribution in [2.45, 2.75) is 84.0 Å². The monoisotopic (exact) mass is 401 g/mol. The van der Waals surface area contributed by atoms with Gasteiger partial charge in [-0.05, 0) is 91.9 Å². The molecule has 3 fully saturated rings. The molecule has 0 unspecified atom stereocenters. The molecular formula is C24H35NO2S. The van der Waals surface area contributed by atoms with E-state index in [1.807, 2.05) is 6.92 Å². The molecule has 3 saturated carbocycles. The van der Waals surface area contributed by atoms with Crippen LogP contribution >= 0.6 is 11.3 Å². The largest absolute Gasteiger partial charge is 0.462 e. The topological polar surface area (TPSA) is 52.3 Å². The average molecular weight is 402 g/mol. The van der Waals surface area contributed by atoms with Gasteiger partial charge in [0.1, 0.15) is 5.00 Å². The van der Waals surface area contributed by atoms with E-state index in [2.05, 4.69) is 13.8 Å². The summed E-state index contributed by atoms with van der Waals surface area (Å²) in [6.07, 6.45) is 12.2. The maximum Gasteiger partial charge on any atom is 0.341 e. The Kier molecular flexibility index (Phi) is 4.39. The summed E-state index contributed by atoms with van der Waals surface area (Å²) in [7, 11) is 0. The highest BCUT2D eigenvalue weighted by Gasteiger charge is 2.59. The number of ether oxygens (including phenoxy) is 1. The summed E-state index contributed by atoms with van der Waals surface area (Å²) in [6.45, 7) is 7.35. The number of nitrogen functional groups attached to an aromatic ring is 1. The van der Waals surface area contributed by atoms with Crippen molar-refractivity contribution < 1.29 is 9.53 Å². The predicted molar refractivity (Wildman–Crippen MR) is 115 cm³/mol. The summed E-state index contributed by atoms with van der Waals surface area (Å²) in [5, 5.41) is 0.674. The van der Waals surface area contributed by atoms with Crippen molar-refractivity contribution in [2.24, 2.45) is 29.1 Å². The molecular weight excluding hydrogens is 366 g/mol. The van der Waals surface area contributed by atoms with E-state index in [0.29, 0.717) is 28.5 Å². The fraction of sp³-hybridized carbons (Fsp3) is 0.792. The first-order valence-corrected chi connectivity index (χ1v) is 12.3. The number of carbonyl (C=O) groups is 1. The van der Waals surface area contributed by atoms with Crippen molar-refractivity contribution in [3.63, 3.8) is 0 Å². The van der Waals surface area contributed by atoms with Gasteiger partial charge in [-0.25, -0.2) is 4.79 Å². The first kappa shape index (κ1) is 19.0. The molecule has 1 heterocycles. The molecule has 0 bridgehead atoms. The van der Waals surface area contributed by atoms with Gasteiger partial charge in [0.15, 0.2) is 0 Å². The lowest BCUT2D eigenvalue weighted by Gasteiger charge is -2.60. The molecule has 4 heteroatoms. The Morgan fingerprint density at radius 3 is 2.75 bits per heavy atom. The van der Waals surface area contributed by atoms with Crippen molar-refractivity contribution in [3.05, 3.63) is 16.0 Å². The van der Waals surface area contributed by atoms with E-state index in [1.54, 1.807) is 11.3 Å². The predicted octanol–water partition coefficient (Wildman–Crippen LogP) is 5.95. The summed E-state index contributed by atoms with van der Waals surface area (Å²) in [5.74, 6) is 3.12. The van der Waals surface area contributed by atoms with Gasteiger partial charge < -0.3 is 10.5 Å². The van der Waals surface area contributed by atoms with Crippen LogP contribution in [0, 0.1) is 29.1 Å². The molecule has 0 radical (unpaired) electrons. The number of thiophene rings is 1. The van der Waals surface area contributed by atoms with Gasteiger partial charge in [0, 0.05) is 4.88 Å². The van der Waals surface area contributed by atoms with Gasteiger partial charge in [-0.3, -0.25) is 0 Å². The summed E-state index contributed by atoms with van der Waals surface area (Å²) in [6, 6.07) is 0. The standard InChI is InChI=1S/C24H35NO2S/c1-4-27-22(26)19-20-18(28-21(19)25)13-17-15-9-8-14-7-5-6-11-23(14,2)16(15)10-12-24(17,20)3/h14-17H,4-13,25H2,1-3H3/t14-,15-,16+,17+,23+,24+/m1/s1. The number of fused-ring (bicyclic) bond motifs is 7. The van der Waals surface area contributed by atoms with Gasteiger partial charge in [0.2, 0.25) is 0 Å². The highest BCUT2D eigenvalue weighted by Crippen LogP contribution is 2.66. The Bertz CT molecular complexity index is 801. The van der Waals surface area contributed by atoms with E-state index in [1.165, 1.54) is 61.8 Å². The SMILES string of the molecule is CCOC(=O)c1c(N)sc2c1[C@@]1(C)CC[C@H]3[C@@H](CC[C@H]4CCCC[C@@]43C)[C@@H]1C2. The normalized spacial score (nSPS) is 41.5. The number of anilines is 1. The number of hydrogen-bond acceptors (Lipinski definition) is 4. The van der Waals surface area contributed by atoms with Crippen molar-refractivity contribution in [1.82, 2.24) is 0 Å². The molecule has 1 aromatic heterocycles. The van der Waals surface area contributed by atoms with Crippen LogP contribution in [0.25, 0.3) is 0 Å². The van der Waals surface area contributed by atoms with Crippen LogP contribution in [0.2, 0.25) is 0 Å². The molecule has 4 aliphatic carbocycles. The van der Waals surface area contributed by atoms with E-state index in [0.717, 1.165) is 24.2 Å². The lowest BCUT2D eigenvalue weighted by molar-refractivity contribution is -0.0904. The molecule has 0 spiro atoms. The summed E-state index contributed by atoms with van der Waals surface area (Å²) < 4.78 is 5.40. The van der Waals surface area contributed by atoms with E-state index in [9.17, 15) is 4.79 Å². The molecule has 2 N–H and O–H groups in total. The van der Waals surface area contributed by atoms with Crippen LogP contribution in [0.1, 0.15) is 92.9 Å². The molecule has 154 valence electrons. The van der Waals surface area contributed by atoms with Crippen molar-refractivity contribution in [1.29, 1.82) is 0 Å². The second-order valence-corrected chi connectivity index (χ2v) is 11.6. The smallest absolute Gasteiger partial charge is 0.341 e. The molecule has 3 nitrogen and oxygen atoms in total.